The fourth-order valence-electron chi connectivity index (χ4n) is 2.50. The van der Waals surface area contributed by atoms with Gasteiger partial charge in [0, 0.05) is 17.1 Å². The molecule has 1 aromatic rings. The Morgan fingerprint density at radius 3 is 2.83 bits per heavy atom. The first-order valence-corrected chi connectivity index (χ1v) is 6.61. The highest BCUT2D eigenvalue weighted by atomic mass is 35.5. The predicted molar refractivity (Wildman–Crippen MR) is 74.7 cm³/mol. The number of ether oxygens (including phenoxy) is 1. The summed E-state index contributed by atoms with van der Waals surface area (Å²) in [6.07, 6.45) is 1.50. The number of benzene rings is 1. The number of nitrogens with zero attached hydrogens (tertiary/aromatic N) is 1. The Morgan fingerprint density at radius 2 is 2.17 bits per heavy atom. The van der Waals surface area contributed by atoms with Gasteiger partial charge in [0.2, 0.25) is 0 Å². The molecule has 0 bridgehead atoms. The minimum atomic E-state index is -0.290. The molecule has 0 spiro atoms. The second kappa shape index (κ2) is 4.98. The van der Waals surface area contributed by atoms with Crippen molar-refractivity contribution in [2.75, 3.05) is 18.6 Å². The van der Waals surface area contributed by atoms with Gasteiger partial charge in [0.15, 0.2) is 0 Å². The van der Waals surface area contributed by atoms with Crippen LogP contribution in [0.5, 0.6) is 5.75 Å². The van der Waals surface area contributed by atoms with Gasteiger partial charge in [-0.3, -0.25) is 0 Å². The van der Waals surface area contributed by atoms with E-state index in [0.717, 1.165) is 24.3 Å². The molecule has 0 aromatic heterocycles. The van der Waals surface area contributed by atoms with Gasteiger partial charge in [-0.2, -0.15) is 0 Å². The first-order chi connectivity index (χ1) is 8.44. The second-order valence-corrected chi connectivity index (χ2v) is 5.87. The third-order valence-corrected chi connectivity index (χ3v) is 3.88. The average molecular weight is 270 g/mol. The van der Waals surface area contributed by atoms with Gasteiger partial charge in [-0.25, -0.2) is 0 Å². The Bertz CT molecular complexity index is 434. The van der Waals surface area contributed by atoms with Gasteiger partial charge in [0.1, 0.15) is 5.75 Å². The molecule has 1 aromatic carbocycles. The number of halogens is 1. The van der Waals surface area contributed by atoms with Gasteiger partial charge in [-0.05, 0) is 44.9 Å². The van der Waals surface area contributed by atoms with Crippen molar-refractivity contribution in [1.29, 1.82) is 0 Å². The smallest absolute Gasteiger partial charge is 0.142 e. The molecule has 1 unspecified atom stereocenters. The van der Waals surface area contributed by atoms with Gasteiger partial charge in [0.05, 0.1) is 18.9 Å². The van der Waals surface area contributed by atoms with Crippen molar-refractivity contribution >= 4 is 17.3 Å². The summed E-state index contributed by atoms with van der Waals surface area (Å²) in [5, 5.41) is 10.6. The third-order valence-electron chi connectivity index (χ3n) is 3.65. The van der Waals surface area contributed by atoms with Gasteiger partial charge in [0.25, 0.3) is 0 Å². The Labute approximate surface area is 113 Å². The molecule has 1 heterocycles. The maximum Gasteiger partial charge on any atom is 0.142 e. The molecule has 0 aliphatic carbocycles. The number of aliphatic hydroxyl groups is 1. The highest BCUT2D eigenvalue weighted by Gasteiger charge is 2.35. The molecule has 1 fully saturated rings. The van der Waals surface area contributed by atoms with E-state index < -0.39 is 0 Å². The molecule has 1 atom stereocenters. The van der Waals surface area contributed by atoms with Gasteiger partial charge in [-0.15, -0.1) is 0 Å². The summed E-state index contributed by atoms with van der Waals surface area (Å²) in [7, 11) is 1.65. The maximum atomic E-state index is 9.89. The van der Waals surface area contributed by atoms with E-state index >= 15 is 0 Å². The number of methoxy groups -OCH3 is 1. The zero-order chi connectivity index (χ0) is 13.3. The lowest BCUT2D eigenvalue weighted by Crippen LogP contribution is -2.52. The Hall–Kier alpha value is -0.930. The Kier molecular flexibility index (Phi) is 3.74. The zero-order valence-corrected chi connectivity index (χ0v) is 11.9. The van der Waals surface area contributed by atoms with Crippen molar-refractivity contribution in [2.45, 2.75) is 38.3 Å². The van der Waals surface area contributed by atoms with Crippen LogP contribution in [0.2, 0.25) is 5.02 Å². The highest BCUT2D eigenvalue weighted by Crippen LogP contribution is 2.39. The van der Waals surface area contributed by atoms with E-state index in [2.05, 4.69) is 18.7 Å². The van der Waals surface area contributed by atoms with E-state index in [1.807, 2.05) is 18.2 Å². The summed E-state index contributed by atoms with van der Waals surface area (Å²) in [6, 6.07) is 5.59. The quantitative estimate of drug-likeness (QED) is 0.896. The fraction of sp³-hybridized carbons (Fsp3) is 0.571. The molecule has 3 nitrogen and oxygen atoms in total. The first kappa shape index (κ1) is 13.5. The number of β-amino-alcohol motifs (C(OH)–C–C–N with tert-alkyl or cyclic N) is 1. The van der Waals surface area contributed by atoms with Gasteiger partial charge >= 0.3 is 0 Å². The molecule has 2 rings (SSSR count). The van der Waals surface area contributed by atoms with Crippen molar-refractivity contribution in [2.24, 2.45) is 0 Å². The summed E-state index contributed by atoms with van der Waals surface area (Å²) in [5.41, 5.74) is 0.950. The van der Waals surface area contributed by atoms with Crippen LogP contribution in [0.15, 0.2) is 18.2 Å². The van der Waals surface area contributed by atoms with E-state index in [1.54, 1.807) is 7.11 Å². The molecule has 18 heavy (non-hydrogen) atoms. The minimum Gasteiger partial charge on any atom is -0.495 e. The molecule has 1 aliphatic heterocycles. The van der Waals surface area contributed by atoms with E-state index in [1.165, 1.54) is 0 Å². The van der Waals surface area contributed by atoms with Crippen molar-refractivity contribution in [1.82, 2.24) is 0 Å². The molecule has 0 radical (unpaired) electrons. The van der Waals surface area contributed by atoms with Crippen LogP contribution in [0.1, 0.15) is 26.7 Å². The number of aliphatic hydroxyl groups excluding tert-OH is 1. The van der Waals surface area contributed by atoms with Crippen LogP contribution >= 0.6 is 11.6 Å². The van der Waals surface area contributed by atoms with Crippen LogP contribution in [-0.2, 0) is 0 Å². The lowest BCUT2D eigenvalue weighted by molar-refractivity contribution is 0.125. The molecule has 0 saturated carbocycles. The van der Waals surface area contributed by atoms with Crippen LogP contribution in [0.3, 0.4) is 0 Å². The van der Waals surface area contributed by atoms with Crippen molar-refractivity contribution < 1.29 is 9.84 Å². The highest BCUT2D eigenvalue weighted by molar-refractivity contribution is 6.30. The number of piperidine rings is 1. The molecular weight excluding hydrogens is 250 g/mol. The molecule has 0 amide bonds. The topological polar surface area (TPSA) is 32.7 Å². The average Bonchev–Trinajstić information content (AvgIpc) is 2.32. The monoisotopic (exact) mass is 269 g/mol. The lowest BCUT2D eigenvalue weighted by atomic mass is 9.88. The van der Waals surface area contributed by atoms with E-state index in [4.69, 9.17) is 16.3 Å². The number of rotatable bonds is 2. The summed E-state index contributed by atoms with van der Waals surface area (Å²) < 4.78 is 5.40. The van der Waals surface area contributed by atoms with E-state index in [0.29, 0.717) is 11.6 Å². The number of hydrogen-bond donors (Lipinski definition) is 1. The molecule has 1 N–H and O–H groups in total. The third kappa shape index (κ3) is 2.57. The van der Waals surface area contributed by atoms with Crippen LogP contribution in [0.4, 0.5) is 5.69 Å². The summed E-state index contributed by atoms with van der Waals surface area (Å²) in [4.78, 5) is 2.19. The Morgan fingerprint density at radius 1 is 1.44 bits per heavy atom. The minimum absolute atomic E-state index is 0.00279. The predicted octanol–water partition coefficient (Wildman–Crippen LogP) is 3.09. The zero-order valence-electron chi connectivity index (χ0n) is 11.1. The van der Waals surface area contributed by atoms with Crippen LogP contribution in [0, 0.1) is 0 Å². The summed E-state index contributed by atoms with van der Waals surface area (Å²) in [5.74, 6) is 0.793. The molecular formula is C14H20ClNO2. The van der Waals surface area contributed by atoms with Crippen molar-refractivity contribution in [3.05, 3.63) is 23.2 Å². The molecule has 100 valence electrons. The number of hydrogen-bond acceptors (Lipinski definition) is 3. The lowest BCUT2D eigenvalue weighted by Gasteiger charge is -2.46. The van der Waals surface area contributed by atoms with Crippen LogP contribution in [0.25, 0.3) is 0 Å². The molecule has 1 aliphatic rings. The fourth-order valence-corrected chi connectivity index (χ4v) is 2.67. The molecule has 4 heteroatoms. The van der Waals surface area contributed by atoms with Crippen molar-refractivity contribution in [3.8, 4) is 5.75 Å². The van der Waals surface area contributed by atoms with Crippen LogP contribution < -0.4 is 9.64 Å². The van der Waals surface area contributed by atoms with E-state index in [-0.39, 0.29) is 11.6 Å². The largest absolute Gasteiger partial charge is 0.495 e. The normalized spacial score (nSPS) is 22.9. The second-order valence-electron chi connectivity index (χ2n) is 5.43. The van der Waals surface area contributed by atoms with Crippen molar-refractivity contribution in [3.63, 3.8) is 0 Å². The standard InChI is InChI=1S/C14H20ClNO2/c1-14(2)7-6-11(17)9-16(14)12-8-10(15)4-5-13(12)18-3/h4-5,8,11,17H,6-7,9H2,1-3H3. The van der Waals surface area contributed by atoms with Gasteiger partial charge in [-0.1, -0.05) is 11.6 Å². The molecule has 1 saturated heterocycles. The van der Waals surface area contributed by atoms with E-state index in [9.17, 15) is 5.11 Å². The van der Waals surface area contributed by atoms with Crippen LogP contribution in [-0.4, -0.2) is 30.4 Å². The number of anilines is 1. The first-order valence-electron chi connectivity index (χ1n) is 6.23. The summed E-state index contributed by atoms with van der Waals surface area (Å²) >= 11 is 6.08. The summed E-state index contributed by atoms with van der Waals surface area (Å²) in [6.45, 7) is 4.97. The maximum absolute atomic E-state index is 9.89. The SMILES string of the molecule is COc1ccc(Cl)cc1N1CC(O)CCC1(C)C. The Balaban J connectivity index is 2.42. The van der Waals surface area contributed by atoms with Gasteiger partial charge < -0.3 is 14.7 Å².